The maximum Gasteiger partial charge on any atom is 0.408 e. The van der Waals surface area contributed by atoms with Crippen LogP contribution in [0.5, 0.6) is 0 Å². The summed E-state index contributed by atoms with van der Waals surface area (Å²) in [7, 11) is 0. The average molecular weight is 318 g/mol. The third-order valence-electron chi connectivity index (χ3n) is 4.23. The molecule has 2 N–H and O–H groups in total. The number of amides is 2. The van der Waals surface area contributed by atoms with E-state index in [0.29, 0.717) is 12.5 Å². The van der Waals surface area contributed by atoms with Crippen LogP contribution in [0.4, 0.5) is 4.79 Å². The first-order chi connectivity index (χ1) is 11.1. The molecule has 0 heterocycles. The number of hydrogen-bond acceptors (Lipinski definition) is 3. The van der Waals surface area contributed by atoms with Crippen molar-refractivity contribution in [3.05, 3.63) is 35.9 Å². The summed E-state index contributed by atoms with van der Waals surface area (Å²) in [5, 5.41) is 5.49. The maximum atomic E-state index is 12.0. The van der Waals surface area contributed by atoms with Gasteiger partial charge in [-0.25, -0.2) is 4.79 Å². The van der Waals surface area contributed by atoms with Crippen molar-refractivity contribution in [2.24, 2.45) is 5.92 Å². The van der Waals surface area contributed by atoms with Gasteiger partial charge in [0.15, 0.2) is 0 Å². The Balaban J connectivity index is 1.64. The molecule has 0 aromatic heterocycles. The molecular formula is C18H26N2O3. The topological polar surface area (TPSA) is 67.4 Å². The summed E-state index contributed by atoms with van der Waals surface area (Å²) in [5.74, 6) is 0.414. The number of ether oxygens (including phenoxy) is 1. The van der Waals surface area contributed by atoms with Crippen LogP contribution >= 0.6 is 0 Å². The normalized spacial score (nSPS) is 16.4. The van der Waals surface area contributed by atoms with E-state index >= 15 is 0 Å². The molecule has 23 heavy (non-hydrogen) atoms. The molecule has 1 aliphatic rings. The van der Waals surface area contributed by atoms with E-state index in [1.165, 1.54) is 32.1 Å². The van der Waals surface area contributed by atoms with E-state index < -0.39 is 12.1 Å². The van der Waals surface area contributed by atoms with Crippen LogP contribution in [-0.2, 0) is 16.1 Å². The molecule has 5 nitrogen and oxygen atoms in total. The Bertz CT molecular complexity index is 498. The summed E-state index contributed by atoms with van der Waals surface area (Å²) in [4.78, 5) is 23.7. The number of benzene rings is 1. The summed E-state index contributed by atoms with van der Waals surface area (Å²) in [6.45, 7) is 2.56. The second-order valence-corrected chi connectivity index (χ2v) is 6.18. The number of nitrogens with one attached hydrogen (secondary N) is 2. The molecule has 1 aromatic rings. The van der Waals surface area contributed by atoms with Gasteiger partial charge in [-0.3, -0.25) is 4.79 Å². The first kappa shape index (κ1) is 17.3. The summed E-state index contributed by atoms with van der Waals surface area (Å²) >= 11 is 0. The maximum absolute atomic E-state index is 12.0. The van der Waals surface area contributed by atoms with Crippen molar-refractivity contribution in [1.29, 1.82) is 0 Å². The summed E-state index contributed by atoms with van der Waals surface area (Å²) < 4.78 is 5.11. The lowest BCUT2D eigenvalue weighted by molar-refractivity contribution is -0.122. The van der Waals surface area contributed by atoms with Gasteiger partial charge >= 0.3 is 6.09 Å². The van der Waals surface area contributed by atoms with Crippen LogP contribution in [0.3, 0.4) is 0 Å². The van der Waals surface area contributed by atoms with Crippen molar-refractivity contribution < 1.29 is 14.3 Å². The van der Waals surface area contributed by atoms with E-state index in [4.69, 9.17) is 4.74 Å². The molecule has 0 aliphatic heterocycles. The largest absolute Gasteiger partial charge is 0.445 e. The van der Waals surface area contributed by atoms with Crippen LogP contribution in [0.15, 0.2) is 30.3 Å². The van der Waals surface area contributed by atoms with Gasteiger partial charge in [-0.1, -0.05) is 49.6 Å². The quantitative estimate of drug-likeness (QED) is 0.847. The van der Waals surface area contributed by atoms with E-state index in [2.05, 4.69) is 10.6 Å². The zero-order valence-corrected chi connectivity index (χ0v) is 13.7. The highest BCUT2D eigenvalue weighted by Gasteiger charge is 2.19. The molecule has 0 saturated heterocycles. The number of rotatable bonds is 6. The molecule has 1 aromatic carbocycles. The highest BCUT2D eigenvalue weighted by molar-refractivity contribution is 5.85. The predicted molar refractivity (Wildman–Crippen MR) is 88.8 cm³/mol. The molecule has 0 unspecified atom stereocenters. The van der Waals surface area contributed by atoms with Crippen molar-refractivity contribution >= 4 is 12.0 Å². The Labute approximate surface area is 137 Å². The monoisotopic (exact) mass is 318 g/mol. The molecule has 0 radical (unpaired) electrons. The van der Waals surface area contributed by atoms with Crippen LogP contribution in [0.1, 0.15) is 44.6 Å². The average Bonchev–Trinajstić information content (AvgIpc) is 2.59. The summed E-state index contributed by atoms with van der Waals surface area (Å²) in [5.41, 5.74) is 0.914. The van der Waals surface area contributed by atoms with Crippen LogP contribution in [0.2, 0.25) is 0 Å². The molecule has 1 fully saturated rings. The lowest BCUT2D eigenvalue weighted by Gasteiger charge is -2.22. The molecule has 5 heteroatoms. The zero-order valence-electron chi connectivity index (χ0n) is 13.7. The highest BCUT2D eigenvalue weighted by atomic mass is 16.5. The van der Waals surface area contributed by atoms with Gasteiger partial charge in [-0.15, -0.1) is 0 Å². The predicted octanol–water partition coefficient (Wildman–Crippen LogP) is 3.00. The minimum Gasteiger partial charge on any atom is -0.445 e. The fourth-order valence-corrected chi connectivity index (χ4v) is 2.80. The molecule has 1 saturated carbocycles. The molecule has 0 spiro atoms. The Morgan fingerprint density at radius 1 is 1.17 bits per heavy atom. The van der Waals surface area contributed by atoms with Crippen LogP contribution in [-0.4, -0.2) is 24.6 Å². The van der Waals surface area contributed by atoms with E-state index in [1.54, 1.807) is 6.92 Å². The van der Waals surface area contributed by atoms with E-state index in [9.17, 15) is 9.59 Å². The summed E-state index contributed by atoms with van der Waals surface area (Å²) in [6.07, 6.45) is 5.59. The Hall–Kier alpha value is -2.04. The molecule has 0 bridgehead atoms. The Morgan fingerprint density at radius 2 is 1.87 bits per heavy atom. The van der Waals surface area contributed by atoms with E-state index in [1.807, 2.05) is 30.3 Å². The number of alkyl carbamates (subject to hydrolysis) is 1. The van der Waals surface area contributed by atoms with Gasteiger partial charge in [-0.2, -0.15) is 0 Å². The van der Waals surface area contributed by atoms with Crippen molar-refractivity contribution in [3.8, 4) is 0 Å². The lowest BCUT2D eigenvalue weighted by Crippen LogP contribution is -2.46. The fraction of sp³-hybridized carbons (Fsp3) is 0.556. The standard InChI is InChI=1S/C18H26N2O3/c1-14(17(21)19-12-15-8-4-2-5-9-15)20-18(22)23-13-16-10-6-3-7-11-16/h3,6-7,10-11,14-15H,2,4-5,8-9,12-13H2,1H3,(H,19,21)(H,20,22)/t14-/m1/s1. The van der Waals surface area contributed by atoms with Gasteiger partial charge in [0, 0.05) is 6.54 Å². The molecule has 1 atom stereocenters. The molecule has 1 aliphatic carbocycles. The van der Waals surface area contributed by atoms with Gasteiger partial charge in [0.1, 0.15) is 12.6 Å². The second kappa shape index (κ2) is 9.18. The molecule has 2 rings (SSSR count). The highest BCUT2D eigenvalue weighted by Crippen LogP contribution is 2.22. The molecular weight excluding hydrogens is 292 g/mol. The number of carbonyl (C=O) groups excluding carboxylic acids is 2. The minimum absolute atomic E-state index is 0.160. The van der Waals surface area contributed by atoms with E-state index in [0.717, 1.165) is 5.56 Å². The van der Waals surface area contributed by atoms with Gasteiger partial charge in [-0.05, 0) is 31.2 Å². The first-order valence-corrected chi connectivity index (χ1v) is 8.40. The third-order valence-corrected chi connectivity index (χ3v) is 4.23. The lowest BCUT2D eigenvalue weighted by atomic mass is 9.89. The van der Waals surface area contributed by atoms with Gasteiger partial charge < -0.3 is 15.4 Å². The van der Waals surface area contributed by atoms with E-state index in [-0.39, 0.29) is 12.5 Å². The second-order valence-electron chi connectivity index (χ2n) is 6.18. The zero-order chi connectivity index (χ0) is 16.5. The molecule has 2 amide bonds. The Kier molecular flexibility index (Phi) is 6.91. The Morgan fingerprint density at radius 3 is 2.57 bits per heavy atom. The smallest absolute Gasteiger partial charge is 0.408 e. The fourth-order valence-electron chi connectivity index (χ4n) is 2.80. The van der Waals surface area contributed by atoms with Crippen LogP contribution in [0.25, 0.3) is 0 Å². The van der Waals surface area contributed by atoms with Crippen LogP contribution in [0, 0.1) is 5.92 Å². The van der Waals surface area contributed by atoms with Crippen molar-refractivity contribution in [2.45, 2.75) is 51.7 Å². The van der Waals surface area contributed by atoms with Gasteiger partial charge in [0.25, 0.3) is 0 Å². The van der Waals surface area contributed by atoms with Gasteiger partial charge in [0.2, 0.25) is 5.91 Å². The third kappa shape index (κ3) is 6.30. The number of hydrogen-bond donors (Lipinski definition) is 2. The van der Waals surface area contributed by atoms with Gasteiger partial charge in [0.05, 0.1) is 0 Å². The summed E-state index contributed by atoms with van der Waals surface area (Å²) in [6, 6.07) is 8.85. The van der Waals surface area contributed by atoms with Crippen molar-refractivity contribution in [3.63, 3.8) is 0 Å². The molecule has 126 valence electrons. The number of carbonyl (C=O) groups is 2. The van der Waals surface area contributed by atoms with Crippen LogP contribution < -0.4 is 10.6 Å². The SMILES string of the molecule is C[C@@H](NC(=O)OCc1ccccc1)C(=O)NCC1CCCCC1. The van der Waals surface area contributed by atoms with Crippen molar-refractivity contribution in [1.82, 2.24) is 10.6 Å². The first-order valence-electron chi connectivity index (χ1n) is 8.40. The van der Waals surface area contributed by atoms with Crippen molar-refractivity contribution in [2.75, 3.05) is 6.54 Å². The minimum atomic E-state index is -0.595.